The van der Waals surface area contributed by atoms with Gasteiger partial charge in [0.15, 0.2) is 11.5 Å². The lowest BCUT2D eigenvalue weighted by atomic mass is 10.0. The van der Waals surface area contributed by atoms with Crippen LogP contribution in [0.3, 0.4) is 0 Å². The summed E-state index contributed by atoms with van der Waals surface area (Å²) >= 11 is 0. The summed E-state index contributed by atoms with van der Waals surface area (Å²) in [7, 11) is 1.64. The molecule has 2 atom stereocenters. The van der Waals surface area contributed by atoms with Crippen LogP contribution in [0.4, 0.5) is 0 Å². The number of methoxy groups -OCH3 is 1. The van der Waals surface area contributed by atoms with Gasteiger partial charge in [-0.1, -0.05) is 6.07 Å². The van der Waals surface area contributed by atoms with E-state index in [1.54, 1.807) is 7.11 Å². The summed E-state index contributed by atoms with van der Waals surface area (Å²) in [6.07, 6.45) is 2.15. The van der Waals surface area contributed by atoms with Crippen molar-refractivity contribution < 1.29 is 19.0 Å². The van der Waals surface area contributed by atoms with Crippen molar-refractivity contribution in [3.8, 4) is 11.5 Å². The smallest absolute Gasteiger partial charge is 0.234 e. The van der Waals surface area contributed by atoms with E-state index in [4.69, 9.17) is 14.2 Å². The number of carbonyl (C=O) groups excluding carboxylic acids is 1. The summed E-state index contributed by atoms with van der Waals surface area (Å²) in [5, 5.41) is 2.98. The van der Waals surface area contributed by atoms with E-state index in [0.717, 1.165) is 30.9 Å². The number of hydrogen-bond acceptors (Lipinski definition) is 5. The van der Waals surface area contributed by atoms with E-state index in [0.29, 0.717) is 26.4 Å². The topological polar surface area (TPSA) is 60.0 Å². The number of likely N-dealkylation sites (tertiary alicyclic amines) is 1. The van der Waals surface area contributed by atoms with Crippen molar-refractivity contribution in [3.05, 3.63) is 23.8 Å². The highest BCUT2D eigenvalue weighted by atomic mass is 16.6. The maximum absolute atomic E-state index is 12.2. The van der Waals surface area contributed by atoms with Gasteiger partial charge in [0, 0.05) is 19.2 Å². The molecule has 1 N–H and O–H groups in total. The number of ether oxygens (including phenoxy) is 3. The Morgan fingerprint density at radius 3 is 2.96 bits per heavy atom. The first kappa shape index (κ1) is 17.0. The molecule has 1 aromatic carbocycles. The van der Waals surface area contributed by atoms with Gasteiger partial charge >= 0.3 is 0 Å². The average Bonchev–Trinajstić information content (AvgIpc) is 3.02. The lowest BCUT2D eigenvalue weighted by Crippen LogP contribution is -2.42. The highest BCUT2D eigenvalue weighted by Crippen LogP contribution is 2.37. The average molecular weight is 334 g/mol. The summed E-state index contributed by atoms with van der Waals surface area (Å²) in [5.74, 6) is 1.66. The van der Waals surface area contributed by atoms with E-state index < -0.39 is 0 Å². The number of fused-ring (bicyclic) bond motifs is 1. The van der Waals surface area contributed by atoms with Crippen LogP contribution in [-0.2, 0) is 9.53 Å². The molecule has 6 heteroatoms. The lowest BCUT2D eigenvalue weighted by molar-refractivity contribution is -0.123. The van der Waals surface area contributed by atoms with Crippen molar-refractivity contribution in [2.75, 3.05) is 40.0 Å². The largest absolute Gasteiger partial charge is 0.486 e. The maximum Gasteiger partial charge on any atom is 0.234 e. The zero-order valence-electron chi connectivity index (χ0n) is 14.4. The Morgan fingerprint density at radius 1 is 1.38 bits per heavy atom. The molecule has 0 aliphatic carbocycles. The third-order valence-electron chi connectivity index (χ3n) is 4.49. The zero-order valence-corrected chi connectivity index (χ0v) is 14.4. The molecule has 1 saturated heterocycles. The van der Waals surface area contributed by atoms with Crippen LogP contribution in [0.1, 0.15) is 31.4 Å². The molecule has 0 saturated carbocycles. The van der Waals surface area contributed by atoms with E-state index in [2.05, 4.69) is 22.3 Å². The fraction of sp³-hybridized carbons (Fsp3) is 0.611. The molecule has 1 fully saturated rings. The van der Waals surface area contributed by atoms with Crippen molar-refractivity contribution in [3.63, 3.8) is 0 Å². The lowest BCUT2D eigenvalue weighted by Gasteiger charge is -2.26. The Kier molecular flexibility index (Phi) is 5.58. The van der Waals surface area contributed by atoms with Crippen LogP contribution in [0, 0.1) is 0 Å². The van der Waals surface area contributed by atoms with Gasteiger partial charge in [-0.2, -0.15) is 0 Å². The normalized spacial score (nSPS) is 21.5. The first-order valence-electron chi connectivity index (χ1n) is 8.59. The Labute approximate surface area is 143 Å². The van der Waals surface area contributed by atoms with Gasteiger partial charge in [0.1, 0.15) is 13.2 Å². The number of amides is 1. The van der Waals surface area contributed by atoms with Crippen LogP contribution in [0.15, 0.2) is 18.2 Å². The summed E-state index contributed by atoms with van der Waals surface area (Å²) in [5.41, 5.74) is 1.19. The molecule has 2 unspecified atom stereocenters. The first-order chi connectivity index (χ1) is 11.7. The van der Waals surface area contributed by atoms with Crippen molar-refractivity contribution in [2.24, 2.45) is 0 Å². The zero-order chi connectivity index (χ0) is 16.9. The second kappa shape index (κ2) is 7.85. The van der Waals surface area contributed by atoms with Gasteiger partial charge in [0.2, 0.25) is 5.91 Å². The fourth-order valence-electron chi connectivity index (χ4n) is 3.46. The molecular weight excluding hydrogens is 308 g/mol. The molecule has 3 rings (SSSR count). The van der Waals surface area contributed by atoms with Crippen LogP contribution < -0.4 is 14.8 Å². The molecule has 6 nitrogen and oxygen atoms in total. The second-order valence-corrected chi connectivity index (χ2v) is 6.46. The van der Waals surface area contributed by atoms with Gasteiger partial charge in [0.25, 0.3) is 0 Å². The monoisotopic (exact) mass is 334 g/mol. The third kappa shape index (κ3) is 3.99. The van der Waals surface area contributed by atoms with Crippen LogP contribution >= 0.6 is 0 Å². The number of nitrogens with one attached hydrogen (secondary N) is 1. The molecule has 0 spiro atoms. The van der Waals surface area contributed by atoms with Crippen molar-refractivity contribution in [1.29, 1.82) is 0 Å². The molecule has 24 heavy (non-hydrogen) atoms. The molecule has 132 valence electrons. The molecule has 0 bridgehead atoms. The van der Waals surface area contributed by atoms with Crippen LogP contribution in [-0.4, -0.2) is 56.9 Å². The number of rotatable bonds is 6. The Balaban J connectivity index is 1.64. The van der Waals surface area contributed by atoms with Crippen molar-refractivity contribution in [1.82, 2.24) is 10.2 Å². The Bertz CT molecular complexity index is 578. The first-order valence-corrected chi connectivity index (χ1v) is 8.59. The highest BCUT2D eigenvalue weighted by Gasteiger charge is 2.29. The Hall–Kier alpha value is -1.79. The minimum absolute atomic E-state index is 0.0258. The molecular formula is C18H26N2O4. The van der Waals surface area contributed by atoms with E-state index in [1.807, 2.05) is 13.0 Å². The van der Waals surface area contributed by atoms with E-state index in [-0.39, 0.29) is 18.0 Å². The molecule has 0 aromatic heterocycles. The summed E-state index contributed by atoms with van der Waals surface area (Å²) in [4.78, 5) is 14.5. The number of nitrogens with zero attached hydrogens (tertiary/aromatic N) is 1. The quantitative estimate of drug-likeness (QED) is 0.859. The van der Waals surface area contributed by atoms with Gasteiger partial charge in [0.05, 0.1) is 13.2 Å². The second-order valence-electron chi connectivity index (χ2n) is 6.46. The van der Waals surface area contributed by atoms with Crippen LogP contribution in [0.25, 0.3) is 0 Å². The molecule has 1 amide bonds. The SMILES string of the molecule is COCC(C)NC(=O)CN1CCCC1c1ccc2c(c1)OCCO2. The van der Waals surface area contributed by atoms with Crippen LogP contribution in [0.2, 0.25) is 0 Å². The van der Waals surface area contributed by atoms with Gasteiger partial charge in [-0.3, -0.25) is 9.69 Å². The highest BCUT2D eigenvalue weighted by molar-refractivity contribution is 5.78. The summed E-state index contributed by atoms with van der Waals surface area (Å²) in [6, 6.07) is 6.40. The van der Waals surface area contributed by atoms with Crippen LogP contribution in [0.5, 0.6) is 11.5 Å². The van der Waals surface area contributed by atoms with Gasteiger partial charge in [-0.15, -0.1) is 0 Å². The van der Waals surface area contributed by atoms with Crippen molar-refractivity contribution in [2.45, 2.75) is 31.8 Å². The van der Waals surface area contributed by atoms with E-state index >= 15 is 0 Å². The Morgan fingerprint density at radius 2 is 2.17 bits per heavy atom. The predicted molar refractivity (Wildman–Crippen MR) is 90.5 cm³/mol. The van der Waals surface area contributed by atoms with Gasteiger partial charge < -0.3 is 19.5 Å². The number of benzene rings is 1. The fourth-order valence-corrected chi connectivity index (χ4v) is 3.46. The molecule has 2 aliphatic rings. The molecule has 1 aromatic rings. The molecule has 0 radical (unpaired) electrons. The van der Waals surface area contributed by atoms with Gasteiger partial charge in [-0.25, -0.2) is 0 Å². The van der Waals surface area contributed by atoms with E-state index in [9.17, 15) is 4.79 Å². The number of hydrogen-bond donors (Lipinski definition) is 1. The summed E-state index contributed by atoms with van der Waals surface area (Å²) < 4.78 is 16.3. The van der Waals surface area contributed by atoms with E-state index in [1.165, 1.54) is 5.56 Å². The van der Waals surface area contributed by atoms with Gasteiger partial charge in [-0.05, 0) is 44.0 Å². The maximum atomic E-state index is 12.2. The minimum atomic E-state index is 0.0258. The standard InChI is InChI=1S/C18H26N2O4/c1-13(12-22-2)19-18(21)11-20-7-3-4-15(20)14-5-6-16-17(10-14)24-9-8-23-16/h5-6,10,13,15H,3-4,7-9,11-12H2,1-2H3,(H,19,21). The third-order valence-corrected chi connectivity index (χ3v) is 4.49. The summed E-state index contributed by atoms with van der Waals surface area (Å²) in [6.45, 7) is 5.01. The molecule has 2 heterocycles. The molecule has 2 aliphatic heterocycles. The van der Waals surface area contributed by atoms with Crippen molar-refractivity contribution >= 4 is 5.91 Å². The predicted octanol–water partition coefficient (Wildman–Crippen LogP) is 1.75. The number of carbonyl (C=O) groups is 1. The minimum Gasteiger partial charge on any atom is -0.486 e.